The van der Waals surface area contributed by atoms with Gasteiger partial charge in [0.2, 0.25) is 0 Å². The van der Waals surface area contributed by atoms with Gasteiger partial charge in [-0.1, -0.05) is 0 Å². The van der Waals surface area contributed by atoms with E-state index in [4.69, 9.17) is 14.0 Å². The van der Waals surface area contributed by atoms with E-state index in [9.17, 15) is 4.39 Å². The molecule has 1 aromatic carbocycles. The lowest BCUT2D eigenvalue weighted by Crippen LogP contribution is -2.41. The highest BCUT2D eigenvalue weighted by atomic mass is 19.1. The fourth-order valence-electron chi connectivity index (χ4n) is 2.74. The number of aromatic nitrogens is 3. The van der Waals surface area contributed by atoms with Crippen LogP contribution in [0, 0.1) is 5.82 Å². The summed E-state index contributed by atoms with van der Waals surface area (Å²) in [7, 11) is -0.641. The van der Waals surface area contributed by atoms with E-state index in [2.05, 4.69) is 10.1 Å². The van der Waals surface area contributed by atoms with Gasteiger partial charge in [0.05, 0.1) is 11.2 Å². The van der Waals surface area contributed by atoms with Crippen molar-refractivity contribution in [3.8, 4) is 5.75 Å². The van der Waals surface area contributed by atoms with Crippen LogP contribution in [0.1, 0.15) is 53.4 Å². The highest BCUT2D eigenvalue weighted by Gasteiger charge is 2.51. The summed E-state index contributed by atoms with van der Waals surface area (Å²) < 4.78 is 33.6. The number of hydrogen-bond acceptors (Lipinski definition) is 5. The summed E-state index contributed by atoms with van der Waals surface area (Å²) in [5.41, 5.74) is -0.388. The predicted molar refractivity (Wildman–Crippen MR) is 96.9 cm³/mol. The van der Waals surface area contributed by atoms with Gasteiger partial charge in [-0.05, 0) is 59.1 Å². The van der Waals surface area contributed by atoms with Crippen LogP contribution < -0.4 is 10.2 Å². The maximum Gasteiger partial charge on any atom is 0.495 e. The van der Waals surface area contributed by atoms with Crippen LogP contribution in [0.2, 0.25) is 0 Å². The van der Waals surface area contributed by atoms with Gasteiger partial charge in [-0.25, -0.2) is 14.1 Å². The molecule has 0 radical (unpaired) electrons. The standard InChI is InChI=1S/C18H25BFN3O3/c1-12(2)23-16(21-11-22-23)10-24-15-8-13(7-14(20)9-15)19-25-17(3,4)18(5,6)26-19/h7-9,11-12H,10H2,1-6H3. The molecule has 3 rings (SSSR count). The SMILES string of the molecule is CC(C)n1ncnc1COc1cc(F)cc(B2OC(C)(C)C(C)(C)O2)c1. The second kappa shape index (κ2) is 6.66. The van der Waals surface area contributed by atoms with Gasteiger partial charge in [0.1, 0.15) is 24.5 Å². The first kappa shape index (κ1) is 18.9. The third kappa shape index (κ3) is 3.62. The molecule has 1 aromatic heterocycles. The van der Waals surface area contributed by atoms with Crippen LogP contribution >= 0.6 is 0 Å². The van der Waals surface area contributed by atoms with E-state index in [1.54, 1.807) is 10.7 Å². The minimum atomic E-state index is -0.641. The molecule has 0 atom stereocenters. The molecule has 0 bridgehead atoms. The van der Waals surface area contributed by atoms with Crippen molar-refractivity contribution in [2.24, 2.45) is 0 Å². The van der Waals surface area contributed by atoms with Crippen molar-refractivity contribution in [2.75, 3.05) is 0 Å². The van der Waals surface area contributed by atoms with Gasteiger partial charge in [0.15, 0.2) is 5.82 Å². The van der Waals surface area contributed by atoms with Crippen molar-refractivity contribution in [1.82, 2.24) is 14.8 Å². The van der Waals surface area contributed by atoms with Gasteiger partial charge in [-0.2, -0.15) is 5.10 Å². The largest absolute Gasteiger partial charge is 0.495 e. The molecule has 2 heterocycles. The van der Waals surface area contributed by atoms with Crippen molar-refractivity contribution in [2.45, 2.75) is 65.4 Å². The number of halogens is 1. The molecular formula is C18H25BFN3O3. The Balaban J connectivity index is 1.77. The second-order valence-electron chi connectivity index (χ2n) is 7.81. The molecule has 1 aliphatic heterocycles. The number of nitrogens with zero attached hydrogens (tertiary/aromatic N) is 3. The highest BCUT2D eigenvalue weighted by Crippen LogP contribution is 2.36. The van der Waals surface area contributed by atoms with Crippen molar-refractivity contribution >= 4 is 12.6 Å². The lowest BCUT2D eigenvalue weighted by molar-refractivity contribution is 0.00578. The first-order valence-corrected chi connectivity index (χ1v) is 8.76. The summed E-state index contributed by atoms with van der Waals surface area (Å²) in [4.78, 5) is 4.20. The van der Waals surface area contributed by atoms with Crippen LogP contribution in [0.3, 0.4) is 0 Å². The third-order valence-electron chi connectivity index (χ3n) is 4.92. The van der Waals surface area contributed by atoms with Gasteiger partial charge in [-0.3, -0.25) is 0 Å². The lowest BCUT2D eigenvalue weighted by atomic mass is 9.79. The molecular weight excluding hydrogens is 336 g/mol. The molecule has 0 saturated carbocycles. The van der Waals surface area contributed by atoms with Gasteiger partial charge >= 0.3 is 7.12 Å². The molecule has 0 spiro atoms. The number of rotatable bonds is 5. The highest BCUT2D eigenvalue weighted by molar-refractivity contribution is 6.62. The Morgan fingerprint density at radius 1 is 1.15 bits per heavy atom. The Labute approximate surface area is 153 Å². The van der Waals surface area contributed by atoms with Gasteiger partial charge in [0, 0.05) is 12.1 Å². The number of benzene rings is 1. The van der Waals surface area contributed by atoms with Crippen molar-refractivity contribution in [3.05, 3.63) is 36.2 Å². The van der Waals surface area contributed by atoms with Gasteiger partial charge in [-0.15, -0.1) is 0 Å². The van der Waals surface area contributed by atoms with E-state index in [1.165, 1.54) is 18.5 Å². The van der Waals surface area contributed by atoms with Crippen LogP contribution in [0.4, 0.5) is 4.39 Å². The average molecular weight is 361 g/mol. The zero-order chi connectivity index (χ0) is 19.1. The Kier molecular flexibility index (Phi) is 4.83. The minimum absolute atomic E-state index is 0.170. The van der Waals surface area contributed by atoms with Gasteiger partial charge in [0.25, 0.3) is 0 Å². The summed E-state index contributed by atoms with van der Waals surface area (Å²) in [6, 6.07) is 4.65. The van der Waals surface area contributed by atoms with E-state index in [-0.39, 0.29) is 12.6 Å². The number of hydrogen-bond donors (Lipinski definition) is 0. The van der Waals surface area contributed by atoms with E-state index in [0.29, 0.717) is 17.0 Å². The van der Waals surface area contributed by atoms with Gasteiger partial charge < -0.3 is 14.0 Å². The average Bonchev–Trinajstić information content (AvgIpc) is 3.07. The first-order valence-electron chi connectivity index (χ1n) is 8.76. The van der Waals surface area contributed by atoms with Crippen LogP contribution in [-0.2, 0) is 15.9 Å². The Hall–Kier alpha value is -1.93. The number of ether oxygens (including phenoxy) is 1. The third-order valence-corrected chi connectivity index (χ3v) is 4.92. The molecule has 26 heavy (non-hydrogen) atoms. The summed E-state index contributed by atoms with van der Waals surface area (Å²) >= 11 is 0. The summed E-state index contributed by atoms with van der Waals surface area (Å²) in [5.74, 6) is 0.673. The van der Waals surface area contributed by atoms with E-state index >= 15 is 0 Å². The Bertz CT molecular complexity index is 776. The topological polar surface area (TPSA) is 58.4 Å². The Morgan fingerprint density at radius 3 is 2.42 bits per heavy atom. The molecule has 1 saturated heterocycles. The van der Waals surface area contributed by atoms with Crippen molar-refractivity contribution in [1.29, 1.82) is 0 Å². The van der Waals surface area contributed by atoms with Crippen LogP contribution in [0.5, 0.6) is 5.75 Å². The smallest absolute Gasteiger partial charge is 0.486 e. The second-order valence-corrected chi connectivity index (χ2v) is 7.81. The monoisotopic (exact) mass is 361 g/mol. The molecule has 0 aliphatic carbocycles. The molecule has 1 aliphatic rings. The van der Waals surface area contributed by atoms with Crippen LogP contribution in [-0.4, -0.2) is 33.1 Å². The zero-order valence-corrected chi connectivity index (χ0v) is 16.1. The molecule has 6 nitrogen and oxygen atoms in total. The fraction of sp³-hybridized carbons (Fsp3) is 0.556. The molecule has 0 amide bonds. The van der Waals surface area contributed by atoms with Crippen LogP contribution in [0.25, 0.3) is 0 Å². The molecule has 1 fully saturated rings. The zero-order valence-electron chi connectivity index (χ0n) is 16.1. The molecule has 2 aromatic rings. The first-order chi connectivity index (χ1) is 12.1. The van der Waals surface area contributed by atoms with Crippen molar-refractivity contribution in [3.63, 3.8) is 0 Å². The van der Waals surface area contributed by atoms with E-state index in [1.807, 2.05) is 41.5 Å². The Morgan fingerprint density at radius 2 is 1.81 bits per heavy atom. The summed E-state index contributed by atoms with van der Waals surface area (Å²) in [5, 5.41) is 4.17. The predicted octanol–water partition coefficient (Wildman–Crippen LogP) is 2.88. The molecule has 0 unspecified atom stereocenters. The maximum absolute atomic E-state index is 14.1. The normalized spacial score (nSPS) is 18.5. The summed E-state index contributed by atoms with van der Waals surface area (Å²) in [6.45, 7) is 12.1. The minimum Gasteiger partial charge on any atom is -0.486 e. The molecule has 8 heteroatoms. The van der Waals surface area contributed by atoms with Crippen LogP contribution in [0.15, 0.2) is 24.5 Å². The fourth-order valence-corrected chi connectivity index (χ4v) is 2.74. The quantitative estimate of drug-likeness (QED) is 0.767. The lowest BCUT2D eigenvalue weighted by Gasteiger charge is -2.32. The maximum atomic E-state index is 14.1. The van der Waals surface area contributed by atoms with Crippen molar-refractivity contribution < 1.29 is 18.4 Å². The summed E-state index contributed by atoms with van der Waals surface area (Å²) in [6.07, 6.45) is 1.49. The van der Waals surface area contributed by atoms with E-state index in [0.717, 1.165) is 0 Å². The molecule has 140 valence electrons. The van der Waals surface area contributed by atoms with E-state index < -0.39 is 24.1 Å². The molecule has 0 N–H and O–H groups in total.